The van der Waals surface area contributed by atoms with Gasteiger partial charge in [0.15, 0.2) is 0 Å². The number of nitrogens with one attached hydrogen (secondary N) is 1. The topological polar surface area (TPSA) is 69.7 Å². The van der Waals surface area contributed by atoms with E-state index in [4.69, 9.17) is 0 Å². The fraction of sp³-hybridized carbons (Fsp3) is 0.148. The van der Waals surface area contributed by atoms with Gasteiger partial charge in [-0.25, -0.2) is 9.29 Å². The number of carbonyl (C=O) groups excluding carboxylic acids is 3. The van der Waals surface area contributed by atoms with Gasteiger partial charge < -0.3 is 10.2 Å². The molecule has 3 heterocycles. The van der Waals surface area contributed by atoms with Crippen LogP contribution in [0.25, 0.3) is 6.08 Å². The number of benzene rings is 3. The lowest BCUT2D eigenvalue weighted by atomic mass is 9.84. The highest BCUT2D eigenvalue weighted by molar-refractivity contribution is 6.24. The first-order valence-corrected chi connectivity index (χ1v) is 11.1. The minimum atomic E-state index is -0.948. The lowest BCUT2D eigenvalue weighted by Crippen LogP contribution is -2.46. The Morgan fingerprint density at radius 1 is 0.824 bits per heavy atom. The molecule has 3 aliphatic rings. The molecule has 34 heavy (non-hydrogen) atoms. The summed E-state index contributed by atoms with van der Waals surface area (Å²) in [4.78, 5) is 43.7. The standard InChI is InChI=1S/C27H20FN3O3/c28-19-12-6-7-13-20(19)31-26(33)21-22(27(31)34)24(25(32)29-17-9-2-1-3-10-17)30-15-14-16-8-4-5-11-18(16)23(21)30/h1-15,21-24H,(H,29,32)/t21-,22-,23+,24-/m0/s1. The van der Waals surface area contributed by atoms with E-state index in [0.29, 0.717) is 5.69 Å². The molecular formula is C27H20FN3O3. The summed E-state index contributed by atoms with van der Waals surface area (Å²) in [6.07, 6.45) is 3.67. The minimum Gasteiger partial charge on any atom is -0.357 e. The van der Waals surface area contributed by atoms with E-state index in [-0.39, 0.29) is 11.6 Å². The number of halogens is 1. The number of imide groups is 1. The Morgan fingerprint density at radius 3 is 2.29 bits per heavy atom. The highest BCUT2D eigenvalue weighted by atomic mass is 19.1. The van der Waals surface area contributed by atoms with Gasteiger partial charge in [-0.3, -0.25) is 14.4 Å². The predicted octanol–water partition coefficient (Wildman–Crippen LogP) is 3.98. The lowest BCUT2D eigenvalue weighted by molar-refractivity contribution is -0.128. The van der Waals surface area contributed by atoms with Gasteiger partial charge in [-0.15, -0.1) is 0 Å². The van der Waals surface area contributed by atoms with Gasteiger partial charge in [-0.2, -0.15) is 0 Å². The summed E-state index contributed by atoms with van der Waals surface area (Å²) in [6.45, 7) is 0. The largest absolute Gasteiger partial charge is 0.357 e. The summed E-state index contributed by atoms with van der Waals surface area (Å²) in [6, 6.07) is 20.9. The third kappa shape index (κ3) is 2.90. The van der Waals surface area contributed by atoms with Crippen LogP contribution in [0.5, 0.6) is 0 Å². The molecule has 0 radical (unpaired) electrons. The molecule has 0 unspecified atom stereocenters. The lowest BCUT2D eigenvalue weighted by Gasteiger charge is -2.35. The fourth-order valence-electron chi connectivity index (χ4n) is 5.47. The zero-order valence-corrected chi connectivity index (χ0v) is 18.0. The number of para-hydroxylation sites is 2. The van der Waals surface area contributed by atoms with Crippen molar-refractivity contribution in [2.24, 2.45) is 11.8 Å². The molecule has 2 fully saturated rings. The van der Waals surface area contributed by atoms with Crippen molar-refractivity contribution < 1.29 is 18.8 Å². The zero-order chi connectivity index (χ0) is 23.4. The Labute approximate surface area is 195 Å². The maximum absolute atomic E-state index is 14.6. The van der Waals surface area contributed by atoms with Gasteiger partial charge in [0, 0.05) is 11.9 Å². The molecule has 3 aromatic rings. The van der Waals surface area contributed by atoms with Crippen molar-refractivity contribution in [2.75, 3.05) is 10.2 Å². The van der Waals surface area contributed by atoms with Crippen molar-refractivity contribution in [1.82, 2.24) is 4.90 Å². The van der Waals surface area contributed by atoms with Crippen LogP contribution in [-0.4, -0.2) is 28.7 Å². The molecule has 0 aromatic heterocycles. The Bertz CT molecular complexity index is 1360. The average Bonchev–Trinajstić information content (AvgIpc) is 3.33. The summed E-state index contributed by atoms with van der Waals surface area (Å²) < 4.78 is 14.6. The third-order valence-corrected chi connectivity index (χ3v) is 6.86. The zero-order valence-electron chi connectivity index (χ0n) is 18.0. The van der Waals surface area contributed by atoms with Gasteiger partial charge in [-0.1, -0.05) is 54.6 Å². The predicted molar refractivity (Wildman–Crippen MR) is 125 cm³/mol. The highest BCUT2D eigenvalue weighted by Crippen LogP contribution is 2.53. The fourth-order valence-corrected chi connectivity index (χ4v) is 5.47. The normalized spacial score (nSPS) is 24.6. The quantitative estimate of drug-likeness (QED) is 0.609. The Kier molecular flexibility index (Phi) is 4.58. The molecular weight excluding hydrogens is 433 g/mol. The van der Waals surface area contributed by atoms with Crippen LogP contribution < -0.4 is 10.2 Å². The van der Waals surface area contributed by atoms with Crippen LogP contribution in [0.2, 0.25) is 0 Å². The van der Waals surface area contributed by atoms with Gasteiger partial charge >= 0.3 is 0 Å². The smallest absolute Gasteiger partial charge is 0.247 e. The second-order valence-electron chi connectivity index (χ2n) is 8.65. The third-order valence-electron chi connectivity index (χ3n) is 6.86. The SMILES string of the molecule is O=C(Nc1ccccc1)[C@@H]1[C@H]2C(=O)N(c3ccccc3F)C(=O)[C@@H]2[C@H]2c3ccccc3C=CN12. The molecule has 0 spiro atoms. The monoisotopic (exact) mass is 453 g/mol. The molecule has 0 aliphatic carbocycles. The molecule has 6 rings (SSSR count). The van der Waals surface area contributed by atoms with Crippen molar-refractivity contribution in [1.29, 1.82) is 0 Å². The van der Waals surface area contributed by atoms with Gasteiger partial charge in [0.1, 0.15) is 11.9 Å². The summed E-state index contributed by atoms with van der Waals surface area (Å²) in [5, 5.41) is 2.88. The van der Waals surface area contributed by atoms with Crippen LogP contribution in [-0.2, 0) is 14.4 Å². The molecule has 168 valence electrons. The number of carbonyl (C=O) groups is 3. The molecule has 3 aliphatic heterocycles. The van der Waals surface area contributed by atoms with E-state index in [1.54, 1.807) is 36.5 Å². The molecule has 0 bridgehead atoms. The van der Waals surface area contributed by atoms with Gasteiger partial charge in [0.2, 0.25) is 17.7 Å². The average molecular weight is 453 g/mol. The molecule has 2 saturated heterocycles. The van der Waals surface area contributed by atoms with E-state index in [1.807, 2.05) is 41.3 Å². The second kappa shape index (κ2) is 7.66. The Morgan fingerprint density at radius 2 is 1.50 bits per heavy atom. The first-order valence-electron chi connectivity index (χ1n) is 11.1. The first kappa shape index (κ1) is 20.4. The van der Waals surface area contributed by atoms with Crippen molar-refractivity contribution in [2.45, 2.75) is 12.1 Å². The number of fused-ring (bicyclic) bond motifs is 5. The summed E-state index contributed by atoms with van der Waals surface area (Å²) in [5.41, 5.74) is 2.31. The Hall–Kier alpha value is -4.26. The number of amides is 3. The summed E-state index contributed by atoms with van der Waals surface area (Å²) >= 11 is 0. The molecule has 1 N–H and O–H groups in total. The maximum Gasteiger partial charge on any atom is 0.247 e. The maximum atomic E-state index is 14.6. The van der Waals surface area contributed by atoms with E-state index < -0.39 is 41.6 Å². The first-order chi connectivity index (χ1) is 16.6. The van der Waals surface area contributed by atoms with Crippen molar-refractivity contribution in [3.63, 3.8) is 0 Å². The number of nitrogens with zero attached hydrogens (tertiary/aromatic N) is 2. The second-order valence-corrected chi connectivity index (χ2v) is 8.65. The van der Waals surface area contributed by atoms with Crippen LogP contribution in [0.15, 0.2) is 85.1 Å². The highest BCUT2D eigenvalue weighted by Gasteiger charge is 2.64. The molecule has 7 heteroatoms. The van der Waals surface area contributed by atoms with Crippen LogP contribution in [0.1, 0.15) is 17.2 Å². The summed E-state index contributed by atoms with van der Waals surface area (Å²) in [5.74, 6) is -3.86. The number of hydrogen-bond donors (Lipinski definition) is 1. The van der Waals surface area contributed by atoms with Crippen molar-refractivity contribution >= 4 is 35.2 Å². The van der Waals surface area contributed by atoms with Gasteiger partial charge in [0.25, 0.3) is 0 Å². The van der Waals surface area contributed by atoms with E-state index in [1.165, 1.54) is 18.2 Å². The van der Waals surface area contributed by atoms with E-state index in [0.717, 1.165) is 16.0 Å². The number of anilines is 2. The van der Waals surface area contributed by atoms with E-state index in [2.05, 4.69) is 5.32 Å². The molecule has 3 amide bonds. The van der Waals surface area contributed by atoms with Crippen LogP contribution in [0, 0.1) is 17.7 Å². The molecule has 3 aromatic carbocycles. The summed E-state index contributed by atoms with van der Waals surface area (Å²) in [7, 11) is 0. The number of rotatable bonds is 3. The Balaban J connectivity index is 1.46. The molecule has 6 nitrogen and oxygen atoms in total. The van der Waals surface area contributed by atoms with Gasteiger partial charge in [-0.05, 0) is 41.5 Å². The van der Waals surface area contributed by atoms with Crippen LogP contribution in [0.4, 0.5) is 15.8 Å². The molecule has 0 saturated carbocycles. The van der Waals surface area contributed by atoms with Crippen molar-refractivity contribution in [3.8, 4) is 0 Å². The molecule has 4 atom stereocenters. The van der Waals surface area contributed by atoms with Crippen LogP contribution >= 0.6 is 0 Å². The van der Waals surface area contributed by atoms with Crippen molar-refractivity contribution in [3.05, 3.63) is 102 Å². The van der Waals surface area contributed by atoms with Crippen LogP contribution in [0.3, 0.4) is 0 Å². The minimum absolute atomic E-state index is 0.0831. The van der Waals surface area contributed by atoms with E-state index in [9.17, 15) is 18.8 Å². The number of hydrogen-bond acceptors (Lipinski definition) is 4. The van der Waals surface area contributed by atoms with E-state index >= 15 is 0 Å². The van der Waals surface area contributed by atoms with Gasteiger partial charge in [0.05, 0.1) is 23.6 Å².